The molecule has 1 N–H and O–H groups in total. The molecule has 2 rings (SSSR count). The van der Waals surface area contributed by atoms with E-state index in [0.717, 1.165) is 44.7 Å². The van der Waals surface area contributed by atoms with Gasteiger partial charge in [0.1, 0.15) is 11.4 Å². The average Bonchev–Trinajstić information content (AvgIpc) is 2.54. The minimum absolute atomic E-state index is 0.287. The molecule has 0 amide bonds. The molecule has 21 heavy (non-hydrogen) atoms. The number of esters is 1. The maximum atomic E-state index is 12.2. The summed E-state index contributed by atoms with van der Waals surface area (Å²) in [7, 11) is 0. The summed E-state index contributed by atoms with van der Waals surface area (Å²) in [5, 5.41) is 3.43. The van der Waals surface area contributed by atoms with Gasteiger partial charge < -0.3 is 15.0 Å². The van der Waals surface area contributed by atoms with Crippen LogP contribution in [0, 0.1) is 0 Å². The molecular formula is C16H25N3O2. The van der Waals surface area contributed by atoms with E-state index >= 15 is 0 Å². The zero-order valence-electron chi connectivity index (χ0n) is 13.0. The van der Waals surface area contributed by atoms with Gasteiger partial charge in [0.25, 0.3) is 0 Å². The van der Waals surface area contributed by atoms with Gasteiger partial charge >= 0.3 is 5.97 Å². The fraction of sp³-hybridized carbons (Fsp3) is 0.625. The second-order valence-corrected chi connectivity index (χ2v) is 5.29. The Labute approximate surface area is 126 Å². The highest BCUT2D eigenvalue weighted by Crippen LogP contribution is 2.23. The van der Waals surface area contributed by atoms with Crippen LogP contribution in [0.15, 0.2) is 18.3 Å². The number of nitrogens with one attached hydrogen (secondary N) is 1. The molecule has 2 heterocycles. The lowest BCUT2D eigenvalue weighted by atomic mass is 10.0. The number of piperidine rings is 1. The van der Waals surface area contributed by atoms with E-state index in [4.69, 9.17) is 4.74 Å². The highest BCUT2D eigenvalue weighted by atomic mass is 16.5. The number of nitrogens with zero attached hydrogens (tertiary/aromatic N) is 2. The summed E-state index contributed by atoms with van der Waals surface area (Å²) < 4.78 is 5.16. The predicted molar refractivity (Wildman–Crippen MR) is 83.7 cm³/mol. The monoisotopic (exact) mass is 291 g/mol. The van der Waals surface area contributed by atoms with Crippen molar-refractivity contribution < 1.29 is 9.53 Å². The molecule has 1 saturated heterocycles. The number of ether oxygens (including phenoxy) is 1. The fourth-order valence-electron chi connectivity index (χ4n) is 2.80. The Morgan fingerprint density at radius 3 is 3.05 bits per heavy atom. The molecule has 1 unspecified atom stereocenters. The third-order valence-electron chi connectivity index (χ3n) is 3.73. The first-order valence-corrected chi connectivity index (χ1v) is 7.87. The normalized spacial score (nSPS) is 18.3. The van der Waals surface area contributed by atoms with Crippen molar-refractivity contribution in [3.05, 3.63) is 23.9 Å². The van der Waals surface area contributed by atoms with Crippen LogP contribution in [0.5, 0.6) is 0 Å². The molecular weight excluding hydrogens is 266 g/mol. The fourth-order valence-corrected chi connectivity index (χ4v) is 2.80. The molecule has 1 atom stereocenters. The first-order chi connectivity index (χ1) is 10.3. The molecule has 1 aliphatic heterocycles. The van der Waals surface area contributed by atoms with Gasteiger partial charge in [0.05, 0.1) is 6.61 Å². The quantitative estimate of drug-likeness (QED) is 0.815. The number of aromatic nitrogens is 1. The zero-order chi connectivity index (χ0) is 15.1. The second kappa shape index (κ2) is 7.98. The van der Waals surface area contributed by atoms with Crippen LogP contribution in [0.3, 0.4) is 0 Å². The number of hydrogen-bond acceptors (Lipinski definition) is 5. The number of pyridine rings is 1. The summed E-state index contributed by atoms with van der Waals surface area (Å²) in [6.07, 6.45) is 5.06. The van der Waals surface area contributed by atoms with Crippen LogP contribution in [0.25, 0.3) is 0 Å². The van der Waals surface area contributed by atoms with E-state index in [1.807, 2.05) is 6.92 Å². The van der Waals surface area contributed by atoms with Crippen LogP contribution < -0.4 is 10.2 Å². The van der Waals surface area contributed by atoms with Gasteiger partial charge in [-0.15, -0.1) is 0 Å². The molecule has 5 nitrogen and oxygen atoms in total. The maximum absolute atomic E-state index is 12.2. The SMILES string of the molecule is CCCN(c1ncccc1C(=O)OCC)C1CCCNC1. The molecule has 1 aliphatic rings. The largest absolute Gasteiger partial charge is 0.462 e. The molecule has 1 aromatic rings. The van der Waals surface area contributed by atoms with E-state index in [1.165, 1.54) is 0 Å². The maximum Gasteiger partial charge on any atom is 0.341 e. The van der Waals surface area contributed by atoms with E-state index in [0.29, 0.717) is 18.2 Å². The number of rotatable bonds is 6. The molecule has 0 aliphatic carbocycles. The minimum Gasteiger partial charge on any atom is -0.462 e. The number of carbonyl (C=O) groups excluding carboxylic acids is 1. The van der Waals surface area contributed by atoms with E-state index in [2.05, 4.69) is 22.1 Å². The van der Waals surface area contributed by atoms with Crippen LogP contribution in [-0.4, -0.2) is 43.2 Å². The third-order valence-corrected chi connectivity index (χ3v) is 3.73. The van der Waals surface area contributed by atoms with E-state index in [-0.39, 0.29) is 5.97 Å². The van der Waals surface area contributed by atoms with Gasteiger partial charge in [-0.1, -0.05) is 6.92 Å². The van der Waals surface area contributed by atoms with Gasteiger partial charge in [-0.2, -0.15) is 0 Å². The molecule has 0 radical (unpaired) electrons. The van der Waals surface area contributed by atoms with Gasteiger partial charge in [-0.05, 0) is 44.9 Å². The summed E-state index contributed by atoms with van der Waals surface area (Å²) in [5.74, 6) is 0.469. The molecule has 116 valence electrons. The van der Waals surface area contributed by atoms with Crippen molar-refractivity contribution in [2.75, 3.05) is 31.1 Å². The summed E-state index contributed by atoms with van der Waals surface area (Å²) >= 11 is 0. The van der Waals surface area contributed by atoms with Crippen LogP contribution in [0.4, 0.5) is 5.82 Å². The molecule has 5 heteroatoms. The van der Waals surface area contributed by atoms with Crippen molar-refractivity contribution in [3.8, 4) is 0 Å². The highest BCUT2D eigenvalue weighted by molar-refractivity contribution is 5.94. The molecule has 1 aromatic heterocycles. The Morgan fingerprint density at radius 1 is 1.52 bits per heavy atom. The van der Waals surface area contributed by atoms with Crippen molar-refractivity contribution in [1.29, 1.82) is 0 Å². The van der Waals surface area contributed by atoms with Gasteiger partial charge in [0.15, 0.2) is 0 Å². The summed E-state index contributed by atoms with van der Waals surface area (Å²) in [5.41, 5.74) is 0.568. The lowest BCUT2D eigenvalue weighted by molar-refractivity contribution is 0.0526. The van der Waals surface area contributed by atoms with Gasteiger partial charge in [0.2, 0.25) is 0 Å². The minimum atomic E-state index is -0.287. The van der Waals surface area contributed by atoms with E-state index in [1.54, 1.807) is 18.3 Å². The third kappa shape index (κ3) is 3.94. The Bertz CT molecular complexity index is 459. The molecule has 0 bridgehead atoms. The topological polar surface area (TPSA) is 54.5 Å². The number of carbonyl (C=O) groups is 1. The Morgan fingerprint density at radius 2 is 2.38 bits per heavy atom. The molecule has 1 fully saturated rings. The van der Waals surface area contributed by atoms with Crippen LogP contribution in [0.1, 0.15) is 43.5 Å². The Hall–Kier alpha value is -1.62. The number of hydrogen-bond donors (Lipinski definition) is 1. The van der Waals surface area contributed by atoms with Crippen LogP contribution >= 0.6 is 0 Å². The van der Waals surface area contributed by atoms with Crippen LogP contribution in [0.2, 0.25) is 0 Å². The summed E-state index contributed by atoms with van der Waals surface area (Å²) in [4.78, 5) is 18.9. The lowest BCUT2D eigenvalue weighted by Gasteiger charge is -2.36. The summed E-state index contributed by atoms with van der Waals surface area (Å²) in [6, 6.07) is 3.99. The lowest BCUT2D eigenvalue weighted by Crippen LogP contribution is -2.47. The number of anilines is 1. The van der Waals surface area contributed by atoms with E-state index < -0.39 is 0 Å². The zero-order valence-corrected chi connectivity index (χ0v) is 13.0. The Balaban J connectivity index is 2.28. The van der Waals surface area contributed by atoms with Crippen molar-refractivity contribution >= 4 is 11.8 Å². The molecule has 0 spiro atoms. The second-order valence-electron chi connectivity index (χ2n) is 5.29. The smallest absolute Gasteiger partial charge is 0.341 e. The average molecular weight is 291 g/mol. The summed E-state index contributed by atoms with van der Waals surface area (Å²) in [6.45, 7) is 7.27. The first kappa shape index (κ1) is 15.8. The van der Waals surface area contributed by atoms with Gasteiger partial charge in [-0.25, -0.2) is 9.78 Å². The van der Waals surface area contributed by atoms with E-state index in [9.17, 15) is 4.79 Å². The molecule has 0 saturated carbocycles. The molecule has 0 aromatic carbocycles. The highest BCUT2D eigenvalue weighted by Gasteiger charge is 2.25. The van der Waals surface area contributed by atoms with Crippen molar-refractivity contribution in [2.24, 2.45) is 0 Å². The van der Waals surface area contributed by atoms with Gasteiger partial charge in [-0.3, -0.25) is 0 Å². The van der Waals surface area contributed by atoms with Crippen molar-refractivity contribution in [3.63, 3.8) is 0 Å². The first-order valence-electron chi connectivity index (χ1n) is 7.87. The van der Waals surface area contributed by atoms with Crippen molar-refractivity contribution in [1.82, 2.24) is 10.3 Å². The standard InChI is InChI=1S/C16H25N3O2/c1-3-11-19(13-7-5-9-17-12-13)15-14(8-6-10-18-15)16(20)21-4-2/h6,8,10,13,17H,3-5,7,9,11-12H2,1-2H3. The van der Waals surface area contributed by atoms with Crippen molar-refractivity contribution in [2.45, 2.75) is 39.2 Å². The van der Waals surface area contributed by atoms with Gasteiger partial charge in [0, 0.05) is 25.3 Å². The van der Waals surface area contributed by atoms with Crippen LogP contribution in [-0.2, 0) is 4.74 Å². The Kier molecular flexibility index (Phi) is 5.99. The predicted octanol–water partition coefficient (Wildman–Crippen LogP) is 2.23.